The summed E-state index contributed by atoms with van der Waals surface area (Å²) in [5, 5.41) is 4.62. The second-order valence-electron chi connectivity index (χ2n) is 26.8. The van der Waals surface area contributed by atoms with E-state index in [-0.39, 0.29) is 89.4 Å². The van der Waals surface area contributed by atoms with Crippen LogP contribution in [-0.2, 0) is 0 Å². The Morgan fingerprint density at radius 2 is 0.737 bits per heavy atom. The van der Waals surface area contributed by atoms with Crippen LogP contribution in [0.15, 0.2) is 381 Å². The van der Waals surface area contributed by atoms with Crippen molar-refractivity contribution in [2.45, 2.75) is 0 Å². The first kappa shape index (κ1) is 44.1. The summed E-state index contributed by atoms with van der Waals surface area (Å²) in [6.07, 6.45) is 0. The van der Waals surface area contributed by atoms with E-state index >= 15 is 0 Å². The SMILES string of the molecule is [2H]c1c([2H])c([2H])c(-c2nc(-c3c([2H])c([2H])c4c(oc5c([2H])c([2H])c([2H])c(-c6ccccc6)c54)c3[2H])nc(-n3c4c([2H])c([2H])c([2H])c([2H])c4c4c5c(oc6c([2H])c([2H])c(-c7ccccc7)c([2H])c65)c([2H])c([2H])c43)n2)c([2H])c1[2H].[2H]c1c([2H])c([2H])c(-c2nc(-c3ccc4c(c3)oc3cccc(-c5ccccc5)c34)nc(-n3c4ccccc4c4c5c(ccc43)oc3cccc(-c4ccccc4)c35)n2)c([2H])c1[2H]. The molecule has 8 heterocycles. The molecule has 114 heavy (non-hydrogen) atoms. The number of fused-ring (bicyclic) bond motifs is 20. The Labute approximate surface area is 685 Å². The lowest BCUT2D eigenvalue weighted by Gasteiger charge is -2.11. The Balaban J connectivity index is 0.000000159. The quantitative estimate of drug-likeness (QED) is 0.130. The normalized spacial score (nSPS) is 14.9. The van der Waals surface area contributed by atoms with Crippen LogP contribution in [0.25, 0.3) is 233 Å². The van der Waals surface area contributed by atoms with E-state index in [2.05, 4.69) is 57.4 Å². The summed E-state index contributed by atoms with van der Waals surface area (Å²) in [5.41, 5.74) is 6.37. The molecule has 16 aromatic carbocycles. The first-order chi connectivity index (χ1) is 66.9. The Morgan fingerprint density at radius 3 is 1.44 bits per heavy atom. The van der Waals surface area contributed by atoms with Crippen LogP contribution in [0.3, 0.4) is 0 Å². The predicted octanol–water partition coefficient (Wildman–Crippen LogP) is 26.9. The smallest absolute Gasteiger partial charge is 0.238 e. The van der Waals surface area contributed by atoms with Crippen molar-refractivity contribution in [2.75, 3.05) is 0 Å². The monoisotopic (exact) mass is 1490 g/mol. The van der Waals surface area contributed by atoms with E-state index in [0.717, 1.165) is 86.9 Å². The first-order valence-electron chi connectivity index (χ1n) is 48.5. The highest BCUT2D eigenvalue weighted by Gasteiger charge is 2.27. The zero-order chi connectivity index (χ0) is 96.7. The van der Waals surface area contributed by atoms with Gasteiger partial charge in [-0.25, -0.2) is 9.97 Å². The molecule has 0 saturated heterocycles. The minimum Gasteiger partial charge on any atom is -0.456 e. The number of hydrogen-bond acceptors (Lipinski definition) is 10. The third-order valence-electron chi connectivity index (χ3n) is 20.3. The third-order valence-corrected chi connectivity index (χ3v) is 20.3. The molecule has 0 saturated carbocycles. The molecule has 24 aromatic rings. The highest BCUT2D eigenvalue weighted by atomic mass is 16.3. The summed E-state index contributed by atoms with van der Waals surface area (Å²) in [6.45, 7) is 0. The molecular formula is C102H60N8O4. The van der Waals surface area contributed by atoms with E-state index in [0.29, 0.717) is 22.3 Å². The summed E-state index contributed by atoms with van der Waals surface area (Å²) in [6, 6.07) is 51.2. The minimum absolute atomic E-state index is 0.0122. The van der Waals surface area contributed by atoms with Crippen molar-refractivity contribution >= 4 is 131 Å². The topological polar surface area (TPSA) is 140 Å². The zero-order valence-corrected chi connectivity index (χ0v) is 58.9. The Hall–Kier alpha value is -15.7. The fraction of sp³-hybridized carbons (Fsp3) is 0. The van der Waals surface area contributed by atoms with E-state index in [1.54, 1.807) is 60.7 Å². The van der Waals surface area contributed by atoms with Gasteiger partial charge in [-0.15, -0.1) is 0 Å². The van der Waals surface area contributed by atoms with Crippen molar-refractivity contribution in [1.29, 1.82) is 0 Å². The number of aromatic nitrogens is 8. The summed E-state index contributed by atoms with van der Waals surface area (Å²) in [7, 11) is 0. The van der Waals surface area contributed by atoms with Crippen molar-refractivity contribution in [2.24, 2.45) is 0 Å². The fourth-order valence-electron chi connectivity index (χ4n) is 15.4. The number of benzene rings is 16. The maximum atomic E-state index is 9.69. The molecule has 0 bridgehead atoms. The Morgan fingerprint density at radius 1 is 0.211 bits per heavy atom. The molecule has 0 amide bonds. The number of nitrogens with zero attached hydrogens (tertiary/aromatic N) is 8. The summed E-state index contributed by atoms with van der Waals surface area (Å²) in [4.78, 5) is 28.7. The van der Waals surface area contributed by atoms with Gasteiger partial charge in [-0.1, -0.05) is 273 Å². The van der Waals surface area contributed by atoms with Crippen molar-refractivity contribution in [3.63, 3.8) is 0 Å². The van der Waals surface area contributed by atoms with Gasteiger partial charge in [0.2, 0.25) is 11.9 Å². The second kappa shape index (κ2) is 26.0. The molecule has 0 aliphatic rings. The van der Waals surface area contributed by atoms with Crippen molar-refractivity contribution < 1.29 is 51.9 Å². The van der Waals surface area contributed by atoms with Gasteiger partial charge in [0.25, 0.3) is 0 Å². The molecule has 24 rings (SSSR count). The average molecular weight is 1490 g/mol. The molecule has 0 aliphatic heterocycles. The fourth-order valence-corrected chi connectivity index (χ4v) is 15.4. The number of rotatable bonds is 10. The second-order valence-corrected chi connectivity index (χ2v) is 26.8. The summed E-state index contributed by atoms with van der Waals surface area (Å²) >= 11 is 0. The molecule has 12 heteroatoms. The summed E-state index contributed by atoms with van der Waals surface area (Å²) in [5.74, 6) is -1.78. The molecular weight excluding hydrogens is 1400 g/mol. The molecule has 0 N–H and O–H groups in total. The predicted molar refractivity (Wildman–Crippen MR) is 461 cm³/mol. The molecule has 0 fully saturated rings. The summed E-state index contributed by atoms with van der Waals surface area (Å²) < 4.78 is 254. The van der Waals surface area contributed by atoms with E-state index < -0.39 is 190 Å². The standard InChI is InChI=1S/2C51H30N4O2/c1-4-14-31(15-5-1)35-21-12-24-41-45(35)38-27-26-34(30-44(38)57-41)50-52-49(33-18-8-3-9-19-33)53-51(54-50)55-39-23-11-10-20-37(39)46-40(55)28-29-43-48(46)47-36(22-13-25-42(47)56-43)32-16-6-2-7-17-32;1-4-13-31(14-5-1)34-24-27-42-39(29-34)48-44(56-42)28-26-41-47(48)37-19-10-11-21-40(37)55(41)51-53-49(33-17-8-3-9-18-33)52-50(54-51)35-23-25-38-45(30-35)57-43-22-12-20-36(46(38)43)32-15-6-2-7-16-32/h2*1-30H/i3D,8D,9D,18D,19D;3D,8D,9D,10D,11D,12D,17D,18D,19D,20D,21D,22D,23D,24D,25D,26D,27D,28D,29D,30D. The van der Waals surface area contributed by atoms with Gasteiger partial charge in [0.1, 0.15) is 44.7 Å². The van der Waals surface area contributed by atoms with Gasteiger partial charge in [-0.2, -0.15) is 19.9 Å². The third kappa shape index (κ3) is 10.5. The molecule has 8 aromatic heterocycles. The molecule has 0 aliphatic carbocycles. The Kier molecular flexibility index (Phi) is 10.1. The maximum Gasteiger partial charge on any atom is 0.238 e. The number of furan rings is 4. The molecule has 0 unspecified atom stereocenters. The van der Waals surface area contributed by atoms with Gasteiger partial charge in [0.15, 0.2) is 23.3 Å². The van der Waals surface area contributed by atoms with E-state index in [4.69, 9.17) is 55.9 Å². The van der Waals surface area contributed by atoms with Gasteiger partial charge in [0, 0.05) is 86.9 Å². The average Bonchev–Trinajstić information content (AvgIpc) is 1.53. The molecule has 12 nitrogen and oxygen atoms in total. The van der Waals surface area contributed by atoms with Gasteiger partial charge >= 0.3 is 0 Å². The van der Waals surface area contributed by atoms with Crippen LogP contribution in [0.4, 0.5) is 0 Å². The Bertz CT molecular complexity index is 9550. The van der Waals surface area contributed by atoms with Crippen LogP contribution >= 0.6 is 0 Å². The first-order valence-corrected chi connectivity index (χ1v) is 36.0. The van der Waals surface area contributed by atoms with Crippen LogP contribution in [-0.4, -0.2) is 39.0 Å². The highest BCUT2D eigenvalue weighted by molar-refractivity contribution is 6.30. The van der Waals surface area contributed by atoms with Crippen LogP contribution in [0.2, 0.25) is 0 Å². The molecule has 0 radical (unpaired) electrons. The largest absolute Gasteiger partial charge is 0.456 e. The van der Waals surface area contributed by atoms with E-state index in [1.807, 2.05) is 114 Å². The minimum atomic E-state index is -0.832. The molecule has 0 spiro atoms. The van der Waals surface area contributed by atoms with Crippen molar-refractivity contribution in [1.82, 2.24) is 39.0 Å². The van der Waals surface area contributed by atoms with Gasteiger partial charge < -0.3 is 17.7 Å². The van der Waals surface area contributed by atoms with Crippen LogP contribution < -0.4 is 0 Å². The van der Waals surface area contributed by atoms with Crippen molar-refractivity contribution in [3.05, 3.63) is 363 Å². The van der Waals surface area contributed by atoms with Crippen LogP contribution in [0.1, 0.15) is 34.3 Å². The number of hydrogen-bond donors (Lipinski definition) is 0. The maximum absolute atomic E-state index is 9.69. The number of para-hydroxylation sites is 2. The lowest BCUT2D eigenvalue weighted by Crippen LogP contribution is -2.06. The van der Waals surface area contributed by atoms with Gasteiger partial charge in [-0.3, -0.25) is 9.13 Å². The van der Waals surface area contributed by atoms with Crippen molar-refractivity contribution in [3.8, 4) is 102 Å². The van der Waals surface area contributed by atoms with E-state index in [9.17, 15) is 11.0 Å². The van der Waals surface area contributed by atoms with E-state index in [1.165, 1.54) is 0 Å². The zero-order valence-electron chi connectivity index (χ0n) is 83.9. The molecule has 0 atom stereocenters. The highest BCUT2D eigenvalue weighted by Crippen LogP contribution is 2.48. The van der Waals surface area contributed by atoms with Gasteiger partial charge in [0.05, 0.1) is 56.3 Å². The lowest BCUT2D eigenvalue weighted by molar-refractivity contribution is 0.668. The van der Waals surface area contributed by atoms with Crippen LogP contribution in [0.5, 0.6) is 0 Å². The van der Waals surface area contributed by atoms with Gasteiger partial charge in [-0.05, 0) is 135 Å². The molecule has 532 valence electrons. The lowest BCUT2D eigenvalue weighted by atomic mass is 9.97. The van der Waals surface area contributed by atoms with Crippen LogP contribution in [0, 0.1) is 0 Å².